The van der Waals surface area contributed by atoms with Crippen LogP contribution in [0.2, 0.25) is 0 Å². The summed E-state index contributed by atoms with van der Waals surface area (Å²) in [6.45, 7) is 2.57. The first-order valence-electron chi connectivity index (χ1n) is 5.07. The molecular weight excluding hydrogens is 291 g/mol. The van der Waals surface area contributed by atoms with Gasteiger partial charge in [-0.15, -0.1) is 11.8 Å². The van der Waals surface area contributed by atoms with E-state index in [1.807, 2.05) is 0 Å². The predicted octanol–water partition coefficient (Wildman–Crippen LogP) is 3.43. The highest BCUT2D eigenvalue weighted by atomic mass is 32.2. The van der Waals surface area contributed by atoms with Gasteiger partial charge in [-0.05, 0) is 6.92 Å². The Hall–Kier alpha value is -1.31. The SMILES string of the molecule is CC(=O)OC(C)CSc1c(F)c(F)c(F)c(F)c1F. The molecule has 1 aromatic rings. The van der Waals surface area contributed by atoms with E-state index in [1.54, 1.807) is 0 Å². The molecule has 0 saturated heterocycles. The van der Waals surface area contributed by atoms with E-state index in [0.29, 0.717) is 11.8 Å². The third kappa shape index (κ3) is 3.59. The Labute approximate surface area is 109 Å². The number of carbonyl (C=O) groups excluding carboxylic acids is 1. The third-order valence-electron chi connectivity index (χ3n) is 2.00. The van der Waals surface area contributed by atoms with Gasteiger partial charge < -0.3 is 4.74 Å². The van der Waals surface area contributed by atoms with Crippen LogP contribution < -0.4 is 0 Å². The molecule has 8 heteroatoms. The molecule has 1 rings (SSSR count). The summed E-state index contributed by atoms with van der Waals surface area (Å²) in [5.41, 5.74) is 0. The molecule has 0 fully saturated rings. The number of halogens is 5. The second-order valence-electron chi connectivity index (χ2n) is 3.63. The summed E-state index contributed by atoms with van der Waals surface area (Å²) in [6, 6.07) is 0. The molecule has 0 saturated carbocycles. The molecule has 0 radical (unpaired) electrons. The number of ether oxygens (including phenoxy) is 1. The first kappa shape index (κ1) is 15.7. The predicted molar refractivity (Wildman–Crippen MR) is 58.2 cm³/mol. The van der Waals surface area contributed by atoms with Crippen molar-refractivity contribution in [2.24, 2.45) is 0 Å². The molecule has 1 unspecified atom stereocenters. The monoisotopic (exact) mass is 300 g/mol. The Morgan fingerprint density at radius 3 is 1.89 bits per heavy atom. The fraction of sp³-hybridized carbons (Fsp3) is 0.364. The summed E-state index contributed by atoms with van der Waals surface area (Å²) < 4.78 is 69.7. The third-order valence-corrected chi connectivity index (χ3v) is 3.28. The van der Waals surface area contributed by atoms with E-state index < -0.39 is 46.1 Å². The number of rotatable bonds is 4. The number of carbonyl (C=O) groups is 1. The van der Waals surface area contributed by atoms with Crippen molar-refractivity contribution in [3.63, 3.8) is 0 Å². The number of thioether (sulfide) groups is 1. The van der Waals surface area contributed by atoms with Crippen LogP contribution >= 0.6 is 11.8 Å². The van der Waals surface area contributed by atoms with Crippen LogP contribution in [0.15, 0.2) is 4.90 Å². The fourth-order valence-electron chi connectivity index (χ4n) is 1.23. The van der Waals surface area contributed by atoms with Crippen molar-refractivity contribution in [1.82, 2.24) is 0 Å². The molecule has 0 bridgehead atoms. The molecule has 0 N–H and O–H groups in total. The van der Waals surface area contributed by atoms with Gasteiger partial charge in [0, 0.05) is 12.7 Å². The molecule has 2 nitrogen and oxygen atoms in total. The number of hydrogen-bond acceptors (Lipinski definition) is 3. The minimum atomic E-state index is -2.20. The van der Waals surface area contributed by atoms with E-state index in [-0.39, 0.29) is 5.75 Å². The largest absolute Gasteiger partial charge is 0.462 e. The first-order chi connectivity index (χ1) is 8.75. The summed E-state index contributed by atoms with van der Waals surface area (Å²) in [5, 5.41) is 0. The van der Waals surface area contributed by atoms with Gasteiger partial charge in [-0.25, -0.2) is 22.0 Å². The van der Waals surface area contributed by atoms with E-state index in [4.69, 9.17) is 0 Å². The summed E-state index contributed by atoms with van der Waals surface area (Å²) in [7, 11) is 0. The van der Waals surface area contributed by atoms with Gasteiger partial charge in [0.2, 0.25) is 5.82 Å². The van der Waals surface area contributed by atoms with Crippen molar-refractivity contribution < 1.29 is 31.5 Å². The lowest BCUT2D eigenvalue weighted by molar-refractivity contribution is -0.144. The number of esters is 1. The van der Waals surface area contributed by atoms with E-state index in [1.165, 1.54) is 6.92 Å². The average molecular weight is 300 g/mol. The Kier molecular flexibility index (Phi) is 5.16. The molecule has 0 spiro atoms. The minimum absolute atomic E-state index is 0.141. The Balaban J connectivity index is 2.93. The maximum absolute atomic E-state index is 13.3. The average Bonchev–Trinajstić information content (AvgIpc) is 2.33. The second-order valence-corrected chi connectivity index (χ2v) is 4.66. The smallest absolute Gasteiger partial charge is 0.302 e. The van der Waals surface area contributed by atoms with Gasteiger partial charge in [-0.2, -0.15) is 0 Å². The standard InChI is InChI=1S/C11H9F5O2S/c1-4(18-5(2)17)3-19-11-9(15)7(13)6(12)8(14)10(11)16/h4H,3H2,1-2H3. The quantitative estimate of drug-likeness (QED) is 0.280. The summed E-state index contributed by atoms with van der Waals surface area (Å²) >= 11 is 0.387. The fourth-order valence-corrected chi connectivity index (χ4v) is 2.13. The van der Waals surface area contributed by atoms with Crippen molar-refractivity contribution >= 4 is 17.7 Å². The lowest BCUT2D eigenvalue weighted by Gasteiger charge is -2.12. The first-order valence-corrected chi connectivity index (χ1v) is 6.05. The lowest BCUT2D eigenvalue weighted by Crippen LogP contribution is -2.15. The van der Waals surface area contributed by atoms with Crippen molar-refractivity contribution in [2.75, 3.05) is 5.75 Å². The maximum atomic E-state index is 13.3. The molecule has 1 atom stereocenters. The van der Waals surface area contributed by atoms with Crippen LogP contribution in [0.4, 0.5) is 22.0 Å². The zero-order valence-electron chi connectivity index (χ0n) is 9.90. The normalized spacial score (nSPS) is 12.4. The summed E-state index contributed by atoms with van der Waals surface area (Å²) in [6.07, 6.45) is -0.725. The van der Waals surface area contributed by atoms with Crippen LogP contribution in [0.3, 0.4) is 0 Å². The topological polar surface area (TPSA) is 26.3 Å². The molecule has 0 aliphatic rings. The maximum Gasteiger partial charge on any atom is 0.302 e. The van der Waals surface area contributed by atoms with Crippen LogP contribution in [-0.4, -0.2) is 17.8 Å². The van der Waals surface area contributed by atoms with Gasteiger partial charge in [0.1, 0.15) is 6.10 Å². The molecule has 106 valence electrons. The molecule has 0 amide bonds. The number of hydrogen-bond donors (Lipinski definition) is 0. The molecule has 0 aromatic heterocycles. The van der Waals surface area contributed by atoms with Gasteiger partial charge in [-0.1, -0.05) is 0 Å². The molecule has 0 aliphatic heterocycles. The van der Waals surface area contributed by atoms with Crippen LogP contribution in [0.25, 0.3) is 0 Å². The van der Waals surface area contributed by atoms with Crippen molar-refractivity contribution in [3.05, 3.63) is 29.1 Å². The molecule has 0 heterocycles. The van der Waals surface area contributed by atoms with Gasteiger partial charge in [0.25, 0.3) is 0 Å². The molecule has 0 aliphatic carbocycles. The Morgan fingerprint density at radius 2 is 1.47 bits per heavy atom. The van der Waals surface area contributed by atoms with Crippen LogP contribution in [0.1, 0.15) is 13.8 Å². The minimum Gasteiger partial charge on any atom is -0.462 e. The highest BCUT2D eigenvalue weighted by Crippen LogP contribution is 2.31. The molecule has 1 aromatic carbocycles. The summed E-state index contributed by atoms with van der Waals surface area (Å²) in [5.74, 6) is -10.7. The van der Waals surface area contributed by atoms with Crippen molar-refractivity contribution in [2.45, 2.75) is 24.8 Å². The van der Waals surface area contributed by atoms with Gasteiger partial charge in [0.05, 0.1) is 4.90 Å². The zero-order valence-corrected chi connectivity index (χ0v) is 10.7. The number of benzene rings is 1. The zero-order chi connectivity index (χ0) is 14.7. The van der Waals surface area contributed by atoms with Gasteiger partial charge in [0.15, 0.2) is 23.3 Å². The lowest BCUT2D eigenvalue weighted by atomic mass is 10.3. The van der Waals surface area contributed by atoms with E-state index >= 15 is 0 Å². The van der Waals surface area contributed by atoms with Crippen molar-refractivity contribution in [3.8, 4) is 0 Å². The Morgan fingerprint density at radius 1 is 1.05 bits per heavy atom. The molecule has 19 heavy (non-hydrogen) atoms. The van der Waals surface area contributed by atoms with Crippen molar-refractivity contribution in [1.29, 1.82) is 0 Å². The highest BCUT2D eigenvalue weighted by Gasteiger charge is 2.26. The van der Waals surface area contributed by atoms with Gasteiger partial charge in [-0.3, -0.25) is 4.79 Å². The van der Waals surface area contributed by atoms with Crippen LogP contribution in [-0.2, 0) is 9.53 Å². The van der Waals surface area contributed by atoms with Crippen LogP contribution in [0.5, 0.6) is 0 Å². The summed E-state index contributed by atoms with van der Waals surface area (Å²) in [4.78, 5) is 9.61. The second kappa shape index (κ2) is 6.23. The van der Waals surface area contributed by atoms with E-state index in [9.17, 15) is 26.7 Å². The van der Waals surface area contributed by atoms with E-state index in [0.717, 1.165) is 6.92 Å². The van der Waals surface area contributed by atoms with Gasteiger partial charge >= 0.3 is 5.97 Å². The van der Waals surface area contributed by atoms with E-state index in [2.05, 4.69) is 4.74 Å². The Bertz CT molecular complexity index is 477. The van der Waals surface area contributed by atoms with Crippen LogP contribution in [0, 0.1) is 29.1 Å². The molecular formula is C11H9F5O2S. The highest BCUT2D eigenvalue weighted by molar-refractivity contribution is 7.99.